The van der Waals surface area contributed by atoms with E-state index in [1.165, 1.54) is 30.8 Å². The molecule has 3 aliphatic rings. The first-order chi connectivity index (χ1) is 6.73. The number of hydrogen-bond acceptors (Lipinski definition) is 3. The lowest BCUT2D eigenvalue weighted by atomic mass is 9.83. The summed E-state index contributed by atoms with van der Waals surface area (Å²) in [6.07, 6.45) is 4.20. The fourth-order valence-electron chi connectivity index (χ4n) is 3.15. The minimum atomic E-state index is 0.511. The van der Waals surface area contributed by atoms with Crippen molar-refractivity contribution >= 4 is 23.5 Å². The lowest BCUT2D eigenvalue weighted by Gasteiger charge is -2.34. The Morgan fingerprint density at radius 2 is 2.07 bits per heavy atom. The van der Waals surface area contributed by atoms with Crippen molar-refractivity contribution in [1.29, 1.82) is 0 Å². The van der Waals surface area contributed by atoms with Crippen LogP contribution in [0.15, 0.2) is 0 Å². The Kier molecular flexibility index (Phi) is 2.34. The summed E-state index contributed by atoms with van der Waals surface area (Å²) in [5.41, 5.74) is 0.511. The fraction of sp³-hybridized carbons (Fsp3) is 1.00. The molecule has 2 aliphatic heterocycles. The van der Waals surface area contributed by atoms with Gasteiger partial charge in [-0.15, -0.1) is 23.5 Å². The van der Waals surface area contributed by atoms with Crippen LogP contribution in [0.4, 0.5) is 0 Å². The largest absolute Gasteiger partial charge is 0.381 e. The molecule has 1 spiro atoms. The van der Waals surface area contributed by atoms with Crippen molar-refractivity contribution in [2.75, 3.05) is 24.7 Å². The van der Waals surface area contributed by atoms with Gasteiger partial charge in [-0.1, -0.05) is 6.92 Å². The van der Waals surface area contributed by atoms with Gasteiger partial charge in [0.1, 0.15) is 0 Å². The van der Waals surface area contributed by atoms with Crippen LogP contribution in [-0.2, 0) is 4.74 Å². The van der Waals surface area contributed by atoms with Crippen molar-refractivity contribution in [2.45, 2.75) is 30.3 Å². The highest BCUT2D eigenvalue weighted by Gasteiger charge is 2.55. The number of hydrogen-bond donors (Lipinski definition) is 0. The molecule has 80 valence electrons. The molecule has 0 N–H and O–H groups in total. The first-order valence-electron chi connectivity index (χ1n) is 5.58. The maximum atomic E-state index is 5.63. The van der Waals surface area contributed by atoms with E-state index in [2.05, 4.69) is 30.4 Å². The molecule has 0 aromatic rings. The Morgan fingerprint density at radius 3 is 2.79 bits per heavy atom. The molecule has 1 aliphatic carbocycles. The highest BCUT2D eigenvalue weighted by molar-refractivity contribution is 8.18. The molecule has 0 aromatic carbocycles. The third kappa shape index (κ3) is 1.43. The first kappa shape index (κ1) is 9.86. The van der Waals surface area contributed by atoms with Crippen LogP contribution in [0.1, 0.15) is 26.2 Å². The average molecular weight is 230 g/mol. The lowest BCUT2D eigenvalue weighted by molar-refractivity contribution is 0.154. The van der Waals surface area contributed by atoms with Crippen molar-refractivity contribution in [1.82, 2.24) is 0 Å². The predicted octanol–water partition coefficient (Wildman–Crippen LogP) is 3.00. The summed E-state index contributed by atoms with van der Waals surface area (Å²) < 4.78 is 6.21. The molecule has 0 aromatic heterocycles. The molecule has 1 saturated carbocycles. The normalized spacial score (nSPS) is 45.6. The highest BCUT2D eigenvalue weighted by Crippen LogP contribution is 2.62. The summed E-state index contributed by atoms with van der Waals surface area (Å²) in [7, 11) is 0. The minimum absolute atomic E-state index is 0.511. The summed E-state index contributed by atoms with van der Waals surface area (Å²) in [5.74, 6) is 3.62. The van der Waals surface area contributed by atoms with Gasteiger partial charge in [-0.2, -0.15) is 0 Å². The van der Waals surface area contributed by atoms with Crippen molar-refractivity contribution in [2.24, 2.45) is 11.3 Å². The summed E-state index contributed by atoms with van der Waals surface area (Å²) >= 11 is 4.47. The van der Waals surface area contributed by atoms with Crippen LogP contribution in [0.3, 0.4) is 0 Å². The van der Waals surface area contributed by atoms with Gasteiger partial charge in [-0.25, -0.2) is 0 Å². The highest BCUT2D eigenvalue weighted by atomic mass is 32.2. The minimum Gasteiger partial charge on any atom is -0.381 e. The van der Waals surface area contributed by atoms with E-state index in [-0.39, 0.29) is 0 Å². The summed E-state index contributed by atoms with van der Waals surface area (Å²) in [6.45, 7) is 4.48. The number of ether oxygens (including phenoxy) is 1. The van der Waals surface area contributed by atoms with E-state index in [0.29, 0.717) is 9.49 Å². The zero-order chi connectivity index (χ0) is 9.65. The number of rotatable bonds is 0. The molecule has 1 nitrogen and oxygen atoms in total. The van der Waals surface area contributed by atoms with Crippen molar-refractivity contribution in [3.63, 3.8) is 0 Å². The van der Waals surface area contributed by atoms with Crippen molar-refractivity contribution < 1.29 is 4.74 Å². The molecule has 3 heteroatoms. The number of thioether (sulfide) groups is 2. The van der Waals surface area contributed by atoms with Crippen LogP contribution in [0, 0.1) is 11.3 Å². The van der Waals surface area contributed by atoms with Gasteiger partial charge < -0.3 is 4.74 Å². The van der Waals surface area contributed by atoms with Crippen LogP contribution < -0.4 is 0 Å². The van der Waals surface area contributed by atoms with E-state index < -0.39 is 0 Å². The van der Waals surface area contributed by atoms with Gasteiger partial charge in [-0.05, 0) is 42.1 Å². The van der Waals surface area contributed by atoms with Crippen LogP contribution >= 0.6 is 23.5 Å². The summed E-state index contributed by atoms with van der Waals surface area (Å²) in [6, 6.07) is 0. The number of fused-ring (bicyclic) bond motifs is 1. The Hall–Kier alpha value is 0.660. The van der Waals surface area contributed by atoms with Crippen LogP contribution in [0.2, 0.25) is 0 Å². The van der Waals surface area contributed by atoms with Crippen LogP contribution in [-0.4, -0.2) is 28.8 Å². The fourth-order valence-corrected chi connectivity index (χ4v) is 6.99. The smallest absolute Gasteiger partial charge is 0.0621 e. The Morgan fingerprint density at radius 1 is 1.29 bits per heavy atom. The van der Waals surface area contributed by atoms with E-state index in [1.807, 2.05) is 0 Å². The molecule has 3 rings (SSSR count). The Labute approximate surface area is 94.7 Å². The van der Waals surface area contributed by atoms with Crippen LogP contribution in [0.5, 0.6) is 0 Å². The quantitative estimate of drug-likeness (QED) is 0.633. The molecular weight excluding hydrogens is 212 g/mol. The third-order valence-corrected chi connectivity index (χ3v) is 7.35. The van der Waals surface area contributed by atoms with E-state index in [9.17, 15) is 0 Å². The van der Waals surface area contributed by atoms with E-state index in [4.69, 9.17) is 4.74 Å². The molecule has 0 unspecified atom stereocenters. The SMILES string of the molecule is C[C@@]12COC[C@@H]1CC1(C2)SCCCS1. The molecule has 3 fully saturated rings. The van der Waals surface area contributed by atoms with E-state index in [1.54, 1.807) is 0 Å². The molecule has 0 amide bonds. The maximum Gasteiger partial charge on any atom is 0.0621 e. The second kappa shape index (κ2) is 3.33. The van der Waals surface area contributed by atoms with E-state index in [0.717, 1.165) is 19.1 Å². The van der Waals surface area contributed by atoms with E-state index >= 15 is 0 Å². The van der Waals surface area contributed by atoms with Crippen LogP contribution in [0.25, 0.3) is 0 Å². The standard InChI is InChI=1S/C11H18OS2/c1-10-7-11(13-3-2-4-14-11)5-9(10)6-12-8-10/h9H,2-8H2,1H3/t9-,10+/m0/s1. The maximum absolute atomic E-state index is 5.63. The van der Waals surface area contributed by atoms with Gasteiger partial charge in [0.2, 0.25) is 0 Å². The predicted molar refractivity (Wildman–Crippen MR) is 63.9 cm³/mol. The summed E-state index contributed by atoms with van der Waals surface area (Å²) in [5, 5.41) is 0. The zero-order valence-electron chi connectivity index (χ0n) is 8.75. The van der Waals surface area contributed by atoms with Crippen molar-refractivity contribution in [3.8, 4) is 0 Å². The molecule has 0 bridgehead atoms. The van der Waals surface area contributed by atoms with Gasteiger partial charge >= 0.3 is 0 Å². The summed E-state index contributed by atoms with van der Waals surface area (Å²) in [4.78, 5) is 0. The molecule has 0 radical (unpaired) electrons. The molecule has 2 heterocycles. The molecule has 2 atom stereocenters. The molecule has 14 heavy (non-hydrogen) atoms. The van der Waals surface area contributed by atoms with Gasteiger partial charge in [-0.3, -0.25) is 0 Å². The topological polar surface area (TPSA) is 9.23 Å². The Balaban J connectivity index is 1.79. The van der Waals surface area contributed by atoms with Gasteiger partial charge in [0.25, 0.3) is 0 Å². The second-order valence-electron chi connectivity index (χ2n) is 5.21. The van der Waals surface area contributed by atoms with Crippen molar-refractivity contribution in [3.05, 3.63) is 0 Å². The first-order valence-corrected chi connectivity index (χ1v) is 7.55. The van der Waals surface area contributed by atoms with Gasteiger partial charge in [0.05, 0.1) is 17.3 Å². The van der Waals surface area contributed by atoms with Gasteiger partial charge in [0.15, 0.2) is 0 Å². The molecule has 2 saturated heterocycles. The Bertz CT molecular complexity index is 237. The average Bonchev–Trinajstić information content (AvgIpc) is 2.58. The lowest BCUT2D eigenvalue weighted by Crippen LogP contribution is -2.25. The van der Waals surface area contributed by atoms with Gasteiger partial charge in [0, 0.05) is 0 Å². The third-order valence-electron chi connectivity index (χ3n) is 3.99. The zero-order valence-corrected chi connectivity index (χ0v) is 10.4. The monoisotopic (exact) mass is 230 g/mol. The molecular formula is C11H18OS2. The second-order valence-corrected chi connectivity index (χ2v) is 8.42.